The number of ether oxygens (including phenoxy) is 1. The van der Waals surface area contributed by atoms with Crippen LogP contribution in [0, 0.1) is 5.92 Å². The van der Waals surface area contributed by atoms with E-state index in [9.17, 15) is 19.2 Å². The molecule has 9 nitrogen and oxygen atoms in total. The predicted octanol–water partition coefficient (Wildman–Crippen LogP) is 3.20. The van der Waals surface area contributed by atoms with Gasteiger partial charge in [0.25, 0.3) is 0 Å². The number of anilines is 1. The van der Waals surface area contributed by atoms with E-state index in [4.69, 9.17) is 4.74 Å². The Balaban J connectivity index is 1.42. The van der Waals surface area contributed by atoms with Crippen molar-refractivity contribution in [2.75, 3.05) is 18.4 Å². The van der Waals surface area contributed by atoms with Crippen LogP contribution in [0.4, 0.5) is 10.5 Å². The fourth-order valence-corrected chi connectivity index (χ4v) is 3.79. The summed E-state index contributed by atoms with van der Waals surface area (Å²) >= 11 is 0. The summed E-state index contributed by atoms with van der Waals surface area (Å²) < 4.78 is 5.13. The average Bonchev–Trinajstić information content (AvgIpc) is 3.18. The third kappa shape index (κ3) is 8.72. The van der Waals surface area contributed by atoms with Crippen LogP contribution in [-0.4, -0.2) is 47.4 Å². The van der Waals surface area contributed by atoms with Gasteiger partial charge in [-0.15, -0.1) is 0 Å². The van der Waals surface area contributed by atoms with Crippen molar-refractivity contribution in [2.24, 2.45) is 5.92 Å². The number of rotatable bonds is 9. The number of benzene rings is 2. The molecule has 9 heteroatoms. The first-order valence-electron chi connectivity index (χ1n) is 12.0. The van der Waals surface area contributed by atoms with E-state index in [1.807, 2.05) is 36.4 Å². The molecule has 2 aromatic rings. The lowest BCUT2D eigenvalue weighted by Crippen LogP contribution is -2.35. The number of nitrogens with zero attached hydrogens (tertiary/aromatic N) is 1. The van der Waals surface area contributed by atoms with Gasteiger partial charge in [0, 0.05) is 44.7 Å². The van der Waals surface area contributed by atoms with Crippen LogP contribution in [-0.2, 0) is 32.2 Å². The Morgan fingerprint density at radius 3 is 2.44 bits per heavy atom. The van der Waals surface area contributed by atoms with E-state index in [0.29, 0.717) is 18.8 Å². The normalized spacial score (nSPS) is 15.4. The van der Waals surface area contributed by atoms with E-state index in [1.165, 1.54) is 0 Å². The van der Waals surface area contributed by atoms with Crippen LogP contribution >= 0.6 is 0 Å². The Labute approximate surface area is 211 Å². The van der Waals surface area contributed by atoms with Crippen LogP contribution in [0.25, 0.3) is 0 Å². The first-order valence-corrected chi connectivity index (χ1v) is 12.0. The second-order valence-electron chi connectivity index (χ2n) is 9.81. The van der Waals surface area contributed by atoms with Gasteiger partial charge < -0.3 is 25.6 Å². The Bertz CT molecular complexity index is 1080. The molecule has 1 unspecified atom stereocenters. The van der Waals surface area contributed by atoms with E-state index in [0.717, 1.165) is 11.1 Å². The van der Waals surface area contributed by atoms with Crippen molar-refractivity contribution in [3.8, 4) is 0 Å². The van der Waals surface area contributed by atoms with Crippen LogP contribution < -0.4 is 16.0 Å². The number of amides is 4. The van der Waals surface area contributed by atoms with Gasteiger partial charge in [0.1, 0.15) is 5.60 Å². The number of hydrogen-bond acceptors (Lipinski definition) is 5. The minimum Gasteiger partial charge on any atom is -0.444 e. The standard InChI is InChI=1S/C27H34N4O5/c1-27(2,3)36-26(35)28-13-12-23(32)29-16-20-10-7-11-22(14-20)30-25(34)21-15-24(33)31(18-21)17-19-8-5-4-6-9-19/h4-11,14,21H,12-13,15-18H2,1-3H3,(H,28,35)(H,29,32)(H,30,34). The second-order valence-corrected chi connectivity index (χ2v) is 9.81. The summed E-state index contributed by atoms with van der Waals surface area (Å²) in [6, 6.07) is 16.9. The van der Waals surface area contributed by atoms with E-state index in [-0.39, 0.29) is 43.7 Å². The van der Waals surface area contributed by atoms with Gasteiger partial charge in [-0.25, -0.2) is 4.79 Å². The molecule has 1 aliphatic rings. The van der Waals surface area contributed by atoms with Crippen molar-refractivity contribution in [3.05, 3.63) is 65.7 Å². The van der Waals surface area contributed by atoms with Gasteiger partial charge in [-0.1, -0.05) is 42.5 Å². The Kier molecular flexibility index (Phi) is 9.05. The zero-order chi connectivity index (χ0) is 26.1. The van der Waals surface area contributed by atoms with Gasteiger partial charge in [0.2, 0.25) is 17.7 Å². The number of alkyl carbamates (subject to hydrolysis) is 1. The molecule has 36 heavy (non-hydrogen) atoms. The molecular weight excluding hydrogens is 460 g/mol. The lowest BCUT2D eigenvalue weighted by atomic mass is 10.1. The molecule has 0 bridgehead atoms. The molecule has 0 aliphatic carbocycles. The lowest BCUT2D eigenvalue weighted by molar-refractivity contribution is -0.128. The summed E-state index contributed by atoms with van der Waals surface area (Å²) in [7, 11) is 0. The topological polar surface area (TPSA) is 117 Å². The monoisotopic (exact) mass is 494 g/mol. The molecule has 2 aromatic carbocycles. The molecule has 1 heterocycles. The third-order valence-electron chi connectivity index (χ3n) is 5.51. The van der Waals surface area contributed by atoms with Crippen LogP contribution in [0.15, 0.2) is 54.6 Å². The van der Waals surface area contributed by atoms with Crippen molar-refractivity contribution in [2.45, 2.75) is 52.3 Å². The number of likely N-dealkylation sites (tertiary alicyclic amines) is 1. The zero-order valence-corrected chi connectivity index (χ0v) is 21.0. The molecule has 192 valence electrons. The lowest BCUT2D eigenvalue weighted by Gasteiger charge is -2.19. The summed E-state index contributed by atoms with van der Waals surface area (Å²) in [5, 5.41) is 8.23. The maximum atomic E-state index is 12.8. The SMILES string of the molecule is CC(C)(C)OC(=O)NCCC(=O)NCc1cccc(NC(=O)C2CC(=O)N(Cc3ccccc3)C2)c1. The van der Waals surface area contributed by atoms with E-state index >= 15 is 0 Å². The summed E-state index contributed by atoms with van der Waals surface area (Å²) in [5.41, 5.74) is 1.85. The van der Waals surface area contributed by atoms with Gasteiger partial charge in [-0.2, -0.15) is 0 Å². The summed E-state index contributed by atoms with van der Waals surface area (Å²) in [6.07, 6.45) is -0.262. The van der Waals surface area contributed by atoms with Gasteiger partial charge in [-0.3, -0.25) is 14.4 Å². The Hall–Kier alpha value is -3.88. The molecule has 0 radical (unpaired) electrons. The minimum atomic E-state index is -0.596. The van der Waals surface area contributed by atoms with Crippen LogP contribution in [0.2, 0.25) is 0 Å². The van der Waals surface area contributed by atoms with Gasteiger partial charge in [-0.05, 0) is 44.0 Å². The summed E-state index contributed by atoms with van der Waals surface area (Å²) in [4.78, 5) is 50.6. The maximum Gasteiger partial charge on any atom is 0.407 e. The number of carbonyl (C=O) groups excluding carboxylic acids is 4. The maximum absolute atomic E-state index is 12.8. The van der Waals surface area contributed by atoms with Gasteiger partial charge >= 0.3 is 6.09 Å². The highest BCUT2D eigenvalue weighted by Gasteiger charge is 2.34. The Morgan fingerprint density at radius 2 is 1.72 bits per heavy atom. The molecular formula is C27H34N4O5. The molecule has 0 saturated carbocycles. The van der Waals surface area contributed by atoms with E-state index in [2.05, 4.69) is 16.0 Å². The fraction of sp³-hybridized carbons (Fsp3) is 0.407. The molecule has 1 fully saturated rings. The average molecular weight is 495 g/mol. The molecule has 0 aromatic heterocycles. The van der Waals surface area contributed by atoms with Gasteiger partial charge in [0.15, 0.2) is 0 Å². The number of hydrogen-bond donors (Lipinski definition) is 3. The van der Waals surface area contributed by atoms with Crippen LogP contribution in [0.1, 0.15) is 44.7 Å². The molecule has 0 spiro atoms. The summed E-state index contributed by atoms with van der Waals surface area (Å²) in [6.45, 7) is 6.62. The quantitative estimate of drug-likeness (QED) is 0.495. The van der Waals surface area contributed by atoms with Crippen molar-refractivity contribution in [1.29, 1.82) is 0 Å². The summed E-state index contributed by atoms with van der Waals surface area (Å²) in [5.74, 6) is -0.865. The highest BCUT2D eigenvalue weighted by molar-refractivity contribution is 5.97. The predicted molar refractivity (Wildman–Crippen MR) is 136 cm³/mol. The van der Waals surface area contributed by atoms with Crippen molar-refractivity contribution >= 4 is 29.5 Å². The van der Waals surface area contributed by atoms with Crippen LogP contribution in [0.3, 0.4) is 0 Å². The second kappa shape index (κ2) is 12.2. The highest BCUT2D eigenvalue weighted by Crippen LogP contribution is 2.22. The first kappa shape index (κ1) is 26.7. The highest BCUT2D eigenvalue weighted by atomic mass is 16.6. The minimum absolute atomic E-state index is 0.0309. The zero-order valence-electron chi connectivity index (χ0n) is 21.0. The molecule has 3 N–H and O–H groups in total. The number of nitrogens with one attached hydrogen (secondary N) is 3. The van der Waals surface area contributed by atoms with Crippen LogP contribution in [0.5, 0.6) is 0 Å². The van der Waals surface area contributed by atoms with Gasteiger partial charge in [0.05, 0.1) is 5.92 Å². The smallest absolute Gasteiger partial charge is 0.407 e. The molecule has 1 aliphatic heterocycles. The molecule has 4 amide bonds. The molecule has 3 rings (SSSR count). The fourth-order valence-electron chi connectivity index (χ4n) is 3.79. The van der Waals surface area contributed by atoms with E-state index in [1.54, 1.807) is 43.9 Å². The molecule has 1 atom stereocenters. The van der Waals surface area contributed by atoms with Crippen molar-refractivity contribution in [1.82, 2.24) is 15.5 Å². The van der Waals surface area contributed by atoms with Crippen molar-refractivity contribution in [3.63, 3.8) is 0 Å². The number of carbonyl (C=O) groups is 4. The molecule has 1 saturated heterocycles. The first-order chi connectivity index (χ1) is 17.1. The van der Waals surface area contributed by atoms with Crippen molar-refractivity contribution < 1.29 is 23.9 Å². The largest absolute Gasteiger partial charge is 0.444 e. The third-order valence-corrected chi connectivity index (χ3v) is 5.51. The Morgan fingerprint density at radius 1 is 1.00 bits per heavy atom. The van der Waals surface area contributed by atoms with E-state index < -0.39 is 17.6 Å².